The van der Waals surface area contributed by atoms with Gasteiger partial charge < -0.3 is 4.74 Å². The number of methoxy groups -OCH3 is 1. The molecule has 19 heavy (non-hydrogen) atoms. The number of hydrogen-bond donors (Lipinski definition) is 0. The van der Waals surface area contributed by atoms with Crippen molar-refractivity contribution < 1.29 is 9.53 Å². The van der Waals surface area contributed by atoms with Crippen molar-refractivity contribution in [2.45, 2.75) is 32.1 Å². The summed E-state index contributed by atoms with van der Waals surface area (Å²) in [4.78, 5) is 11.7. The quantitative estimate of drug-likeness (QED) is 0.604. The monoisotopic (exact) mass is 258 g/mol. The molecule has 0 radical (unpaired) electrons. The van der Waals surface area contributed by atoms with E-state index in [2.05, 4.69) is 37.3 Å². The second kappa shape index (κ2) is 6.55. The van der Waals surface area contributed by atoms with E-state index in [4.69, 9.17) is 4.74 Å². The summed E-state index contributed by atoms with van der Waals surface area (Å²) in [6, 6.07) is 10.5. The Morgan fingerprint density at radius 2 is 2.00 bits per heavy atom. The number of rotatable bonds is 4. The third-order valence-electron chi connectivity index (χ3n) is 3.97. The van der Waals surface area contributed by atoms with Crippen LogP contribution in [0.25, 0.3) is 0 Å². The average molecular weight is 258 g/mol. The van der Waals surface area contributed by atoms with Crippen LogP contribution in [-0.2, 0) is 9.53 Å². The molecule has 102 valence electrons. The topological polar surface area (TPSA) is 26.3 Å². The van der Waals surface area contributed by atoms with Gasteiger partial charge >= 0.3 is 5.97 Å². The molecule has 1 aliphatic rings. The zero-order chi connectivity index (χ0) is 13.7. The highest BCUT2D eigenvalue weighted by Gasteiger charge is 2.30. The van der Waals surface area contributed by atoms with Gasteiger partial charge in [-0.25, -0.2) is 0 Å². The van der Waals surface area contributed by atoms with Gasteiger partial charge in [0.25, 0.3) is 0 Å². The summed E-state index contributed by atoms with van der Waals surface area (Å²) in [5, 5.41) is 0. The molecular weight excluding hydrogens is 236 g/mol. The number of carbonyl (C=O) groups excluding carboxylic acids is 1. The number of carbonyl (C=O) groups is 1. The second-order valence-corrected chi connectivity index (χ2v) is 5.22. The highest BCUT2D eigenvalue weighted by Crippen LogP contribution is 2.39. The van der Waals surface area contributed by atoms with E-state index in [1.54, 1.807) is 0 Å². The SMILES string of the molecule is CCCC1C=CC(C(=O)OC)CC1c1ccccc1. The van der Waals surface area contributed by atoms with Crippen LogP contribution in [0.5, 0.6) is 0 Å². The van der Waals surface area contributed by atoms with Crippen LogP contribution in [-0.4, -0.2) is 13.1 Å². The van der Waals surface area contributed by atoms with Crippen LogP contribution in [0.2, 0.25) is 0 Å². The fourth-order valence-electron chi connectivity index (χ4n) is 2.98. The molecule has 3 unspecified atom stereocenters. The Balaban J connectivity index is 2.22. The Bertz CT molecular complexity index is 436. The minimum atomic E-state index is -0.118. The third kappa shape index (κ3) is 3.25. The van der Waals surface area contributed by atoms with Gasteiger partial charge in [0.15, 0.2) is 0 Å². The standard InChI is InChI=1S/C17H22O2/c1-3-7-13-10-11-15(17(18)19-2)12-16(13)14-8-5-4-6-9-14/h4-6,8-11,13,15-16H,3,7,12H2,1-2H3. The summed E-state index contributed by atoms with van der Waals surface area (Å²) in [6.45, 7) is 2.21. The van der Waals surface area contributed by atoms with Crippen molar-refractivity contribution >= 4 is 5.97 Å². The van der Waals surface area contributed by atoms with Crippen molar-refractivity contribution in [3.05, 3.63) is 48.0 Å². The van der Waals surface area contributed by atoms with Gasteiger partial charge in [-0.3, -0.25) is 4.79 Å². The van der Waals surface area contributed by atoms with Gasteiger partial charge in [-0.05, 0) is 30.2 Å². The number of esters is 1. The first-order valence-electron chi connectivity index (χ1n) is 7.07. The van der Waals surface area contributed by atoms with E-state index in [9.17, 15) is 4.79 Å². The minimum Gasteiger partial charge on any atom is -0.469 e. The van der Waals surface area contributed by atoms with Gasteiger partial charge in [0.1, 0.15) is 0 Å². The van der Waals surface area contributed by atoms with Gasteiger partial charge in [-0.1, -0.05) is 55.8 Å². The van der Waals surface area contributed by atoms with E-state index in [0.717, 1.165) is 6.42 Å². The van der Waals surface area contributed by atoms with Crippen LogP contribution in [0.3, 0.4) is 0 Å². The molecule has 3 atom stereocenters. The van der Waals surface area contributed by atoms with Crippen molar-refractivity contribution in [2.75, 3.05) is 7.11 Å². The molecule has 0 aliphatic heterocycles. The van der Waals surface area contributed by atoms with E-state index in [-0.39, 0.29) is 11.9 Å². The first-order chi connectivity index (χ1) is 9.26. The van der Waals surface area contributed by atoms with E-state index in [0.29, 0.717) is 11.8 Å². The van der Waals surface area contributed by atoms with Crippen molar-refractivity contribution in [1.82, 2.24) is 0 Å². The fraction of sp³-hybridized carbons (Fsp3) is 0.471. The summed E-state index contributed by atoms with van der Waals surface area (Å²) >= 11 is 0. The summed E-state index contributed by atoms with van der Waals surface area (Å²) in [6.07, 6.45) is 7.45. The Kier molecular flexibility index (Phi) is 4.78. The van der Waals surface area contributed by atoms with Crippen molar-refractivity contribution in [1.29, 1.82) is 0 Å². The van der Waals surface area contributed by atoms with E-state index in [1.165, 1.54) is 25.5 Å². The maximum absolute atomic E-state index is 11.7. The maximum atomic E-state index is 11.7. The molecule has 0 spiro atoms. The molecule has 0 saturated carbocycles. The summed E-state index contributed by atoms with van der Waals surface area (Å²) in [5.41, 5.74) is 1.33. The van der Waals surface area contributed by atoms with Gasteiger partial charge in [0.2, 0.25) is 0 Å². The maximum Gasteiger partial charge on any atom is 0.312 e. The zero-order valence-electron chi connectivity index (χ0n) is 11.7. The predicted octanol–water partition coefficient (Wildman–Crippen LogP) is 3.94. The van der Waals surface area contributed by atoms with Gasteiger partial charge in [0.05, 0.1) is 13.0 Å². The van der Waals surface area contributed by atoms with Crippen LogP contribution in [0.4, 0.5) is 0 Å². The second-order valence-electron chi connectivity index (χ2n) is 5.22. The van der Waals surface area contributed by atoms with Crippen LogP contribution in [0.15, 0.2) is 42.5 Å². The van der Waals surface area contributed by atoms with Crippen molar-refractivity contribution in [2.24, 2.45) is 11.8 Å². The highest BCUT2D eigenvalue weighted by molar-refractivity contribution is 5.74. The summed E-state index contributed by atoms with van der Waals surface area (Å²) in [5.74, 6) is 0.749. The predicted molar refractivity (Wildman–Crippen MR) is 76.8 cm³/mol. The fourth-order valence-corrected chi connectivity index (χ4v) is 2.98. The van der Waals surface area contributed by atoms with Crippen LogP contribution in [0.1, 0.15) is 37.7 Å². The molecule has 0 aromatic heterocycles. The molecule has 0 heterocycles. The Morgan fingerprint density at radius 3 is 2.63 bits per heavy atom. The molecule has 0 fully saturated rings. The minimum absolute atomic E-state index is 0.0942. The average Bonchev–Trinajstić information content (AvgIpc) is 2.48. The number of benzene rings is 1. The first-order valence-corrected chi connectivity index (χ1v) is 7.07. The normalized spacial score (nSPS) is 26.1. The van der Waals surface area contributed by atoms with Crippen molar-refractivity contribution in [3.63, 3.8) is 0 Å². The third-order valence-corrected chi connectivity index (χ3v) is 3.97. The van der Waals surface area contributed by atoms with Crippen LogP contribution in [0, 0.1) is 11.8 Å². The molecule has 0 N–H and O–H groups in total. The molecule has 1 aromatic carbocycles. The summed E-state index contributed by atoms with van der Waals surface area (Å²) in [7, 11) is 1.46. The van der Waals surface area contributed by atoms with Crippen molar-refractivity contribution in [3.8, 4) is 0 Å². The lowest BCUT2D eigenvalue weighted by Crippen LogP contribution is -2.25. The molecule has 2 nitrogen and oxygen atoms in total. The Hall–Kier alpha value is -1.57. The lowest BCUT2D eigenvalue weighted by Gasteiger charge is -2.31. The largest absolute Gasteiger partial charge is 0.469 e. The summed E-state index contributed by atoms with van der Waals surface area (Å²) < 4.78 is 4.88. The first kappa shape index (κ1) is 13.9. The molecule has 0 bridgehead atoms. The number of ether oxygens (including phenoxy) is 1. The van der Waals surface area contributed by atoms with E-state index < -0.39 is 0 Å². The van der Waals surface area contributed by atoms with Crippen LogP contribution < -0.4 is 0 Å². The molecule has 1 aliphatic carbocycles. The molecule has 2 heteroatoms. The zero-order valence-corrected chi connectivity index (χ0v) is 11.7. The lowest BCUT2D eigenvalue weighted by molar-refractivity contribution is -0.144. The number of hydrogen-bond acceptors (Lipinski definition) is 2. The molecule has 0 amide bonds. The Morgan fingerprint density at radius 1 is 1.26 bits per heavy atom. The van der Waals surface area contributed by atoms with Gasteiger partial charge in [0, 0.05) is 0 Å². The molecular formula is C17H22O2. The highest BCUT2D eigenvalue weighted by atomic mass is 16.5. The molecule has 0 saturated heterocycles. The lowest BCUT2D eigenvalue weighted by atomic mass is 9.73. The van der Waals surface area contributed by atoms with Crippen LogP contribution >= 0.6 is 0 Å². The molecule has 1 aromatic rings. The number of allylic oxidation sites excluding steroid dienone is 1. The Labute approximate surface area is 115 Å². The van der Waals surface area contributed by atoms with Gasteiger partial charge in [-0.15, -0.1) is 0 Å². The van der Waals surface area contributed by atoms with E-state index in [1.807, 2.05) is 12.1 Å². The molecule has 2 rings (SSSR count). The van der Waals surface area contributed by atoms with Gasteiger partial charge in [-0.2, -0.15) is 0 Å². The smallest absolute Gasteiger partial charge is 0.312 e. The van der Waals surface area contributed by atoms with E-state index >= 15 is 0 Å².